The Labute approximate surface area is 204 Å². The average Bonchev–Trinajstić information content (AvgIpc) is 3.19. The standard InChI is InChI=1S/C27H53ClN4/c1-21(2)26(30-17-22-11-15-31(18-22)14-6-5-13-29)19-32-16-12-25(27(3,4)20-32)23-7-9-24(28)10-8-23/h21-26,30H,5-20,29H2,1-4H3/t22-,23?,24?,25+,26-/m0/s1. The van der Waals surface area contributed by atoms with Crippen molar-refractivity contribution in [3.8, 4) is 0 Å². The van der Waals surface area contributed by atoms with Gasteiger partial charge in [-0.05, 0) is 113 Å². The van der Waals surface area contributed by atoms with E-state index < -0.39 is 0 Å². The summed E-state index contributed by atoms with van der Waals surface area (Å²) in [6, 6.07) is 0.598. The second-order valence-corrected chi connectivity index (χ2v) is 13.0. The van der Waals surface area contributed by atoms with E-state index in [0.29, 0.717) is 22.8 Å². The molecule has 1 saturated carbocycles. The van der Waals surface area contributed by atoms with Gasteiger partial charge in [-0.3, -0.25) is 0 Å². The lowest BCUT2D eigenvalue weighted by molar-refractivity contribution is 0.00468. The van der Waals surface area contributed by atoms with Gasteiger partial charge in [0, 0.05) is 31.1 Å². The largest absolute Gasteiger partial charge is 0.330 e. The maximum absolute atomic E-state index is 6.39. The van der Waals surface area contributed by atoms with E-state index in [1.54, 1.807) is 0 Å². The molecule has 5 heteroatoms. The quantitative estimate of drug-likeness (QED) is 0.337. The fourth-order valence-electron chi connectivity index (χ4n) is 6.87. The van der Waals surface area contributed by atoms with Crippen LogP contribution >= 0.6 is 11.6 Å². The number of hydrogen-bond acceptors (Lipinski definition) is 4. The van der Waals surface area contributed by atoms with Crippen LogP contribution in [0.1, 0.15) is 79.1 Å². The monoisotopic (exact) mass is 468 g/mol. The summed E-state index contributed by atoms with van der Waals surface area (Å²) < 4.78 is 0. The third-order valence-electron chi connectivity index (χ3n) is 8.89. The lowest BCUT2D eigenvalue weighted by Crippen LogP contribution is -2.53. The molecule has 2 heterocycles. The number of nitrogens with two attached hydrogens (primary N) is 1. The Balaban J connectivity index is 1.43. The molecule has 3 fully saturated rings. The Bertz CT molecular complexity index is 532. The summed E-state index contributed by atoms with van der Waals surface area (Å²) in [5.41, 5.74) is 6.07. The summed E-state index contributed by atoms with van der Waals surface area (Å²) in [6.45, 7) is 19.4. The van der Waals surface area contributed by atoms with Gasteiger partial charge in [0.25, 0.3) is 0 Å². The fraction of sp³-hybridized carbons (Fsp3) is 1.00. The Morgan fingerprint density at radius 1 is 1.00 bits per heavy atom. The van der Waals surface area contributed by atoms with Crippen molar-refractivity contribution in [1.82, 2.24) is 15.1 Å². The molecule has 0 aromatic heterocycles. The molecule has 0 aromatic rings. The van der Waals surface area contributed by atoms with Crippen LogP contribution in [0.15, 0.2) is 0 Å². The topological polar surface area (TPSA) is 44.5 Å². The number of piperidine rings is 1. The van der Waals surface area contributed by atoms with Crippen LogP contribution in [0.3, 0.4) is 0 Å². The Morgan fingerprint density at radius 2 is 1.72 bits per heavy atom. The minimum atomic E-state index is 0.416. The molecular formula is C27H53ClN4. The highest BCUT2D eigenvalue weighted by Crippen LogP contribution is 2.45. The lowest BCUT2D eigenvalue weighted by Gasteiger charge is -2.49. The van der Waals surface area contributed by atoms with Crippen LogP contribution in [0.25, 0.3) is 0 Å². The fourth-order valence-corrected chi connectivity index (χ4v) is 7.12. The molecule has 3 atom stereocenters. The second-order valence-electron chi connectivity index (χ2n) is 12.3. The minimum absolute atomic E-state index is 0.416. The summed E-state index contributed by atoms with van der Waals surface area (Å²) >= 11 is 6.39. The molecule has 4 nitrogen and oxygen atoms in total. The molecule has 3 N–H and O–H groups in total. The highest BCUT2D eigenvalue weighted by molar-refractivity contribution is 6.20. The van der Waals surface area contributed by atoms with Gasteiger partial charge in [-0.15, -0.1) is 11.6 Å². The maximum Gasteiger partial charge on any atom is 0.0336 e. The molecule has 0 amide bonds. The molecule has 0 unspecified atom stereocenters. The van der Waals surface area contributed by atoms with Gasteiger partial charge >= 0.3 is 0 Å². The van der Waals surface area contributed by atoms with Gasteiger partial charge in [-0.2, -0.15) is 0 Å². The van der Waals surface area contributed by atoms with E-state index in [1.807, 2.05) is 0 Å². The van der Waals surface area contributed by atoms with Crippen molar-refractivity contribution in [3.63, 3.8) is 0 Å². The first-order valence-corrected chi connectivity index (χ1v) is 14.2. The van der Waals surface area contributed by atoms with Crippen molar-refractivity contribution in [3.05, 3.63) is 0 Å². The van der Waals surface area contributed by atoms with Crippen molar-refractivity contribution in [1.29, 1.82) is 0 Å². The predicted octanol–water partition coefficient (Wildman–Crippen LogP) is 4.81. The van der Waals surface area contributed by atoms with E-state index in [4.69, 9.17) is 17.3 Å². The van der Waals surface area contributed by atoms with Crippen LogP contribution in [-0.2, 0) is 0 Å². The van der Waals surface area contributed by atoms with E-state index in [2.05, 4.69) is 42.8 Å². The number of unbranched alkanes of at least 4 members (excludes halogenated alkanes) is 1. The maximum atomic E-state index is 6.39. The Morgan fingerprint density at radius 3 is 2.38 bits per heavy atom. The molecule has 0 bridgehead atoms. The van der Waals surface area contributed by atoms with Crippen molar-refractivity contribution in [2.24, 2.45) is 34.8 Å². The zero-order valence-electron chi connectivity index (χ0n) is 21.6. The summed E-state index contributed by atoms with van der Waals surface area (Å²) in [5.74, 6) is 3.26. The highest BCUT2D eigenvalue weighted by atomic mass is 35.5. The van der Waals surface area contributed by atoms with E-state index in [1.165, 1.54) is 90.8 Å². The van der Waals surface area contributed by atoms with Crippen LogP contribution in [0.4, 0.5) is 0 Å². The van der Waals surface area contributed by atoms with Crippen LogP contribution in [0, 0.1) is 29.1 Å². The number of nitrogens with one attached hydrogen (secondary N) is 1. The van der Waals surface area contributed by atoms with Crippen molar-refractivity contribution >= 4 is 11.6 Å². The Kier molecular flexibility index (Phi) is 10.6. The molecule has 32 heavy (non-hydrogen) atoms. The molecule has 1 aliphatic carbocycles. The number of halogens is 1. The van der Waals surface area contributed by atoms with Gasteiger partial charge in [-0.25, -0.2) is 0 Å². The summed E-state index contributed by atoms with van der Waals surface area (Å²) in [5, 5.41) is 4.44. The first-order valence-electron chi connectivity index (χ1n) is 13.8. The lowest BCUT2D eigenvalue weighted by atomic mass is 9.64. The second kappa shape index (κ2) is 12.7. The number of nitrogens with zero attached hydrogens (tertiary/aromatic N) is 2. The van der Waals surface area contributed by atoms with E-state index >= 15 is 0 Å². The number of rotatable bonds is 11. The number of hydrogen-bond donors (Lipinski definition) is 2. The first kappa shape index (κ1) is 26.7. The van der Waals surface area contributed by atoms with Crippen molar-refractivity contribution < 1.29 is 0 Å². The molecule has 2 saturated heterocycles. The van der Waals surface area contributed by atoms with Gasteiger partial charge in [0.15, 0.2) is 0 Å². The van der Waals surface area contributed by atoms with Gasteiger partial charge in [0.2, 0.25) is 0 Å². The zero-order valence-corrected chi connectivity index (χ0v) is 22.4. The van der Waals surface area contributed by atoms with Crippen LogP contribution in [0.2, 0.25) is 0 Å². The minimum Gasteiger partial charge on any atom is -0.330 e. The van der Waals surface area contributed by atoms with E-state index in [-0.39, 0.29) is 0 Å². The number of alkyl halides is 1. The third kappa shape index (κ3) is 7.83. The molecule has 3 rings (SSSR count). The first-order chi connectivity index (χ1) is 15.3. The Hall–Kier alpha value is 0.130. The molecule has 0 radical (unpaired) electrons. The number of likely N-dealkylation sites (tertiary alicyclic amines) is 2. The zero-order chi connectivity index (χ0) is 23.1. The molecule has 0 spiro atoms. The van der Waals surface area contributed by atoms with Gasteiger partial charge in [0.1, 0.15) is 0 Å². The van der Waals surface area contributed by atoms with E-state index in [0.717, 1.165) is 30.7 Å². The third-order valence-corrected chi connectivity index (χ3v) is 9.32. The van der Waals surface area contributed by atoms with Crippen LogP contribution in [0.5, 0.6) is 0 Å². The van der Waals surface area contributed by atoms with Gasteiger partial charge in [0.05, 0.1) is 0 Å². The molecule has 0 aromatic carbocycles. The van der Waals surface area contributed by atoms with Crippen molar-refractivity contribution in [2.45, 2.75) is 90.5 Å². The molecular weight excluding hydrogens is 416 g/mol. The molecule has 3 aliphatic rings. The SMILES string of the molecule is CC(C)[C@H](CN1CC[C@H](C2CCC(Cl)CC2)C(C)(C)C1)NC[C@@H]1CCN(CCCCN)C1. The van der Waals surface area contributed by atoms with Crippen LogP contribution in [-0.4, -0.2) is 73.6 Å². The van der Waals surface area contributed by atoms with Gasteiger partial charge < -0.3 is 20.9 Å². The van der Waals surface area contributed by atoms with E-state index in [9.17, 15) is 0 Å². The van der Waals surface area contributed by atoms with Crippen molar-refractivity contribution in [2.75, 3.05) is 52.4 Å². The summed E-state index contributed by atoms with van der Waals surface area (Å²) in [4.78, 5) is 5.42. The molecule has 188 valence electrons. The smallest absolute Gasteiger partial charge is 0.0336 e. The summed E-state index contributed by atoms with van der Waals surface area (Å²) in [7, 11) is 0. The molecule has 2 aliphatic heterocycles. The van der Waals surface area contributed by atoms with Crippen LogP contribution < -0.4 is 11.1 Å². The highest BCUT2D eigenvalue weighted by Gasteiger charge is 2.41. The van der Waals surface area contributed by atoms with Gasteiger partial charge in [-0.1, -0.05) is 27.7 Å². The average molecular weight is 469 g/mol. The predicted molar refractivity (Wildman–Crippen MR) is 139 cm³/mol. The normalized spacial score (nSPS) is 33.1. The summed E-state index contributed by atoms with van der Waals surface area (Å²) in [6.07, 6.45) is 10.3.